The second kappa shape index (κ2) is 10.2. The van der Waals surface area contributed by atoms with E-state index in [1.54, 1.807) is 7.11 Å². The fourth-order valence-electron chi connectivity index (χ4n) is 5.79. The molecule has 0 radical (unpaired) electrons. The first-order chi connectivity index (χ1) is 17.0. The second-order valence-corrected chi connectivity index (χ2v) is 10.7. The normalized spacial score (nSPS) is 26.6. The Morgan fingerprint density at radius 3 is 2.20 bits per heavy atom. The number of nitrogens with one attached hydrogen (secondary N) is 2. The van der Waals surface area contributed by atoms with Crippen LogP contribution in [0.25, 0.3) is 11.1 Å². The Kier molecular flexibility index (Phi) is 7.03. The van der Waals surface area contributed by atoms with Gasteiger partial charge in [-0.25, -0.2) is 4.79 Å². The quantitative estimate of drug-likeness (QED) is 0.503. The van der Waals surface area contributed by atoms with Crippen LogP contribution >= 0.6 is 0 Å². The summed E-state index contributed by atoms with van der Waals surface area (Å²) in [4.78, 5) is 15.6. The monoisotopic (exact) mass is 477 g/mol. The molecule has 6 rings (SSSR count). The Hall–Kier alpha value is -2.57. The van der Waals surface area contributed by atoms with Crippen molar-refractivity contribution in [1.29, 1.82) is 0 Å². The number of carbonyl (C=O) groups excluding carboxylic acids is 1. The molecule has 2 N–H and O–H groups in total. The molecular weight excluding hydrogens is 438 g/mol. The van der Waals surface area contributed by atoms with E-state index in [4.69, 9.17) is 9.47 Å². The minimum atomic E-state index is -0.231. The first-order valence-electron chi connectivity index (χ1n) is 13.2. The molecule has 1 atom stereocenters. The van der Waals surface area contributed by atoms with Gasteiger partial charge in [-0.15, -0.1) is 0 Å². The predicted molar refractivity (Wildman–Crippen MR) is 139 cm³/mol. The molecule has 188 valence electrons. The zero-order chi connectivity index (χ0) is 24.3. The smallest absolute Gasteiger partial charge is 0.315 e. The van der Waals surface area contributed by atoms with E-state index in [1.165, 1.54) is 31.5 Å². The summed E-state index contributed by atoms with van der Waals surface area (Å²) in [5.74, 6) is 1.45. The van der Waals surface area contributed by atoms with E-state index in [1.807, 2.05) is 12.1 Å². The van der Waals surface area contributed by atoms with Crippen LogP contribution in [-0.4, -0.2) is 56.4 Å². The van der Waals surface area contributed by atoms with Crippen molar-refractivity contribution < 1.29 is 14.3 Å². The number of fused-ring (bicyclic) bond motifs is 4. The molecule has 4 fully saturated rings. The number of rotatable bonds is 9. The third-order valence-corrected chi connectivity index (χ3v) is 8.32. The summed E-state index contributed by atoms with van der Waals surface area (Å²) in [5, 5.41) is 6.74. The minimum Gasteiger partial charge on any atom is -0.494 e. The Labute approximate surface area is 209 Å². The molecule has 1 saturated carbocycles. The summed E-state index contributed by atoms with van der Waals surface area (Å²) < 4.78 is 10.8. The van der Waals surface area contributed by atoms with Crippen molar-refractivity contribution in [2.75, 3.05) is 40.0 Å². The Morgan fingerprint density at radius 1 is 0.914 bits per heavy atom. The highest BCUT2D eigenvalue weighted by Crippen LogP contribution is 2.46. The summed E-state index contributed by atoms with van der Waals surface area (Å²) in [5.41, 5.74) is 3.16. The fraction of sp³-hybridized carbons (Fsp3) is 0.552. The lowest BCUT2D eigenvalue weighted by Crippen LogP contribution is -2.56. The van der Waals surface area contributed by atoms with Gasteiger partial charge in [-0.3, -0.25) is 0 Å². The zero-order valence-electron chi connectivity index (χ0n) is 21.1. The maximum Gasteiger partial charge on any atom is 0.315 e. The van der Waals surface area contributed by atoms with Crippen molar-refractivity contribution in [3.8, 4) is 16.9 Å². The first kappa shape index (κ1) is 24.1. The molecule has 4 aliphatic rings. The Morgan fingerprint density at radius 2 is 1.57 bits per heavy atom. The fourth-order valence-corrected chi connectivity index (χ4v) is 5.79. The number of piperidine rings is 1. The van der Waals surface area contributed by atoms with Gasteiger partial charge in [0.25, 0.3) is 0 Å². The zero-order valence-corrected chi connectivity index (χ0v) is 21.1. The summed E-state index contributed by atoms with van der Waals surface area (Å²) in [6.45, 7) is 7.04. The van der Waals surface area contributed by atoms with E-state index < -0.39 is 0 Å². The van der Waals surface area contributed by atoms with Crippen LogP contribution in [0, 0.1) is 5.92 Å². The van der Waals surface area contributed by atoms with Crippen molar-refractivity contribution in [1.82, 2.24) is 15.5 Å². The van der Waals surface area contributed by atoms with E-state index in [2.05, 4.69) is 58.9 Å². The number of methoxy groups -OCH3 is 1. The van der Waals surface area contributed by atoms with E-state index >= 15 is 0 Å². The summed E-state index contributed by atoms with van der Waals surface area (Å²) in [6, 6.07) is 16.8. The number of carbonyl (C=O) groups is 1. The highest BCUT2D eigenvalue weighted by molar-refractivity contribution is 5.77. The van der Waals surface area contributed by atoms with E-state index in [0.717, 1.165) is 49.1 Å². The molecular formula is C29H39N3O3. The number of hydrogen-bond donors (Lipinski definition) is 2. The lowest BCUT2D eigenvalue weighted by molar-refractivity contribution is 0.172. The van der Waals surface area contributed by atoms with Crippen LogP contribution in [0.5, 0.6) is 5.75 Å². The second-order valence-electron chi connectivity index (χ2n) is 10.7. The molecule has 1 unspecified atom stereocenters. The van der Waals surface area contributed by atoms with Crippen LogP contribution in [0.4, 0.5) is 4.79 Å². The van der Waals surface area contributed by atoms with Gasteiger partial charge in [-0.05, 0) is 86.9 Å². The average Bonchev–Trinajstić information content (AvgIpc) is 3.69. The van der Waals surface area contributed by atoms with Crippen molar-refractivity contribution in [2.45, 2.75) is 56.5 Å². The molecule has 6 heteroatoms. The molecule has 2 amide bonds. The van der Waals surface area contributed by atoms with E-state index in [9.17, 15) is 4.79 Å². The maximum absolute atomic E-state index is 13.1. The highest BCUT2D eigenvalue weighted by Gasteiger charge is 2.47. The highest BCUT2D eigenvalue weighted by atomic mass is 16.5. The van der Waals surface area contributed by atoms with Gasteiger partial charge in [0.15, 0.2) is 0 Å². The number of amides is 2. The van der Waals surface area contributed by atoms with Crippen LogP contribution in [0.1, 0.15) is 51.0 Å². The van der Waals surface area contributed by atoms with Gasteiger partial charge in [0.1, 0.15) is 5.75 Å². The van der Waals surface area contributed by atoms with Crippen LogP contribution in [0.2, 0.25) is 0 Å². The topological polar surface area (TPSA) is 62.8 Å². The van der Waals surface area contributed by atoms with Gasteiger partial charge in [-0.2, -0.15) is 0 Å². The molecule has 1 aliphatic carbocycles. The molecule has 3 heterocycles. The van der Waals surface area contributed by atoms with Crippen molar-refractivity contribution in [3.05, 3.63) is 54.1 Å². The van der Waals surface area contributed by atoms with E-state index in [0.29, 0.717) is 19.1 Å². The first-order valence-corrected chi connectivity index (χ1v) is 13.2. The summed E-state index contributed by atoms with van der Waals surface area (Å²) in [6.07, 6.45) is 6.26. The van der Waals surface area contributed by atoms with Gasteiger partial charge >= 0.3 is 6.03 Å². The molecule has 3 saturated heterocycles. The molecule has 2 aromatic carbocycles. The van der Waals surface area contributed by atoms with E-state index in [-0.39, 0.29) is 17.1 Å². The predicted octanol–water partition coefficient (Wildman–Crippen LogP) is 4.93. The summed E-state index contributed by atoms with van der Waals surface area (Å²) >= 11 is 0. The summed E-state index contributed by atoms with van der Waals surface area (Å²) in [7, 11) is 1.70. The number of nitrogens with zero attached hydrogens (tertiary/aromatic N) is 1. The molecule has 2 bridgehead atoms. The third-order valence-electron chi connectivity index (χ3n) is 8.32. The average molecular weight is 478 g/mol. The molecule has 2 aromatic rings. The number of urea groups is 1. The van der Waals surface area contributed by atoms with Crippen LogP contribution in [0.15, 0.2) is 48.5 Å². The minimum absolute atomic E-state index is 0.0180. The van der Waals surface area contributed by atoms with Gasteiger partial charge in [0, 0.05) is 32.2 Å². The standard InChI is InChI=1S/C29H39N3O3/c1-28(16-19-32-17-12-24(28)13-18-32)30-27(33)31-29(14-15-29)25-8-4-22(5-9-25)23-6-10-26(11-7-23)35-21-3-20-34-2/h4-11,24H,3,12-21H2,1-2H3,(H2,30,31,33). The third kappa shape index (κ3) is 5.49. The van der Waals surface area contributed by atoms with Crippen LogP contribution < -0.4 is 15.4 Å². The lowest BCUT2D eigenvalue weighted by atomic mass is 9.79. The Bertz CT molecular complexity index is 995. The maximum atomic E-state index is 13.1. The van der Waals surface area contributed by atoms with Gasteiger partial charge in [-0.1, -0.05) is 36.4 Å². The molecule has 6 nitrogen and oxygen atoms in total. The van der Waals surface area contributed by atoms with Gasteiger partial charge in [0.2, 0.25) is 0 Å². The number of ether oxygens (including phenoxy) is 2. The van der Waals surface area contributed by atoms with Crippen molar-refractivity contribution in [3.63, 3.8) is 0 Å². The van der Waals surface area contributed by atoms with Crippen molar-refractivity contribution in [2.24, 2.45) is 5.92 Å². The van der Waals surface area contributed by atoms with Gasteiger partial charge < -0.3 is 25.0 Å². The van der Waals surface area contributed by atoms with Crippen molar-refractivity contribution >= 4 is 6.03 Å². The lowest BCUT2D eigenvalue weighted by Gasteiger charge is -2.38. The van der Waals surface area contributed by atoms with Crippen LogP contribution in [0.3, 0.4) is 0 Å². The molecule has 0 spiro atoms. The Balaban J connectivity index is 1.19. The molecule has 0 aromatic heterocycles. The largest absolute Gasteiger partial charge is 0.494 e. The van der Waals surface area contributed by atoms with Gasteiger partial charge in [0.05, 0.1) is 12.1 Å². The number of hydrogen-bond acceptors (Lipinski definition) is 4. The molecule has 3 aliphatic heterocycles. The van der Waals surface area contributed by atoms with Crippen LogP contribution in [-0.2, 0) is 10.3 Å². The molecule has 35 heavy (non-hydrogen) atoms. The SMILES string of the molecule is COCCCOc1ccc(-c2ccc(C3(NC(=O)NC4(C)CCN5CCC4CC5)CC3)cc2)cc1. The number of benzene rings is 2.